The van der Waals surface area contributed by atoms with Gasteiger partial charge in [0.25, 0.3) is 0 Å². The van der Waals surface area contributed by atoms with Gasteiger partial charge in [-0.25, -0.2) is 13.1 Å². The van der Waals surface area contributed by atoms with E-state index in [1.807, 2.05) is 12.1 Å². The molecule has 5 rings (SSSR count). The smallest absolute Gasteiger partial charge is 0.240 e. The highest BCUT2D eigenvalue weighted by Gasteiger charge is 2.30. The topological polar surface area (TPSA) is 93.7 Å². The van der Waals surface area contributed by atoms with Crippen LogP contribution in [0.3, 0.4) is 0 Å². The van der Waals surface area contributed by atoms with E-state index in [-0.39, 0.29) is 6.04 Å². The summed E-state index contributed by atoms with van der Waals surface area (Å²) in [5, 5.41) is 9.29. The third kappa shape index (κ3) is 3.23. The second-order valence-electron chi connectivity index (χ2n) is 7.54. The van der Waals surface area contributed by atoms with Crippen LogP contribution in [0.2, 0.25) is 0 Å². The molecule has 0 radical (unpaired) electrons. The van der Waals surface area contributed by atoms with Gasteiger partial charge in [0, 0.05) is 29.7 Å². The fourth-order valence-corrected chi connectivity index (χ4v) is 5.23. The number of benzene rings is 2. The molecule has 0 bridgehead atoms. The number of methoxy groups -OCH3 is 2. The van der Waals surface area contributed by atoms with Crippen molar-refractivity contribution in [3.63, 3.8) is 0 Å². The number of hydrogen-bond acceptors (Lipinski definition) is 7. The second kappa shape index (κ2) is 7.10. The molecule has 156 valence electrons. The molecule has 0 spiro atoms. The molecule has 1 aliphatic heterocycles. The quantitative estimate of drug-likeness (QED) is 0.648. The largest absolute Gasteiger partial charge is 0.493 e. The van der Waals surface area contributed by atoms with Gasteiger partial charge >= 0.3 is 0 Å². The van der Waals surface area contributed by atoms with Crippen LogP contribution < -0.4 is 19.1 Å². The highest BCUT2D eigenvalue weighted by atomic mass is 32.2. The number of hydrogen-bond donors (Lipinski definition) is 1. The van der Waals surface area contributed by atoms with Crippen LogP contribution in [-0.4, -0.2) is 45.4 Å². The minimum atomic E-state index is -3.47. The van der Waals surface area contributed by atoms with Gasteiger partial charge in [0.2, 0.25) is 10.0 Å². The van der Waals surface area contributed by atoms with Crippen molar-refractivity contribution in [2.45, 2.75) is 30.2 Å². The minimum Gasteiger partial charge on any atom is -0.493 e. The van der Waals surface area contributed by atoms with Crippen LogP contribution in [0.5, 0.6) is 11.5 Å². The zero-order chi connectivity index (χ0) is 20.9. The predicted molar refractivity (Wildman–Crippen MR) is 113 cm³/mol. The number of sulfonamides is 1. The summed E-state index contributed by atoms with van der Waals surface area (Å²) in [4.78, 5) is 2.46. The van der Waals surface area contributed by atoms with Crippen LogP contribution in [0.4, 0.5) is 11.4 Å². The second-order valence-corrected chi connectivity index (χ2v) is 9.26. The standard InChI is InChI=1S/C21H22N4O4S/c1-28-20-10-16-17(11-21(20)29-2)23-22-12-19(16)25-8-7-13-9-15(5-6-18(13)25)30(26,27)24-14-3-4-14/h5-6,9-12,14,24H,3-4,7-8H2,1-2H3. The fraction of sp³-hybridized carbons (Fsp3) is 0.333. The van der Waals surface area contributed by atoms with E-state index in [1.54, 1.807) is 38.6 Å². The first-order chi connectivity index (χ1) is 14.5. The summed E-state index contributed by atoms with van der Waals surface area (Å²) in [6.45, 7) is 0.726. The van der Waals surface area contributed by atoms with Crippen LogP contribution in [0.1, 0.15) is 18.4 Å². The lowest BCUT2D eigenvalue weighted by Crippen LogP contribution is -2.25. The van der Waals surface area contributed by atoms with Crippen LogP contribution in [-0.2, 0) is 16.4 Å². The molecule has 2 aromatic carbocycles. The Kier molecular flexibility index (Phi) is 4.52. The normalized spacial score (nSPS) is 16.0. The molecule has 8 nitrogen and oxygen atoms in total. The molecule has 0 saturated heterocycles. The Balaban J connectivity index is 1.55. The summed E-state index contributed by atoms with van der Waals surface area (Å²) >= 11 is 0. The zero-order valence-electron chi connectivity index (χ0n) is 16.8. The first kappa shape index (κ1) is 19.1. The van der Waals surface area contributed by atoms with Gasteiger partial charge in [-0.2, -0.15) is 10.2 Å². The zero-order valence-corrected chi connectivity index (χ0v) is 17.6. The lowest BCUT2D eigenvalue weighted by atomic mass is 10.1. The van der Waals surface area contributed by atoms with Crippen molar-refractivity contribution in [3.8, 4) is 11.5 Å². The van der Waals surface area contributed by atoms with E-state index >= 15 is 0 Å². The van der Waals surface area contributed by atoms with E-state index in [2.05, 4.69) is 19.8 Å². The van der Waals surface area contributed by atoms with Crippen LogP contribution in [0.25, 0.3) is 10.9 Å². The molecule has 0 unspecified atom stereocenters. The molecular weight excluding hydrogens is 404 g/mol. The van der Waals surface area contributed by atoms with Crippen molar-refractivity contribution in [3.05, 3.63) is 42.1 Å². The minimum absolute atomic E-state index is 0.0842. The Labute approximate surface area is 174 Å². The van der Waals surface area contributed by atoms with Crippen molar-refractivity contribution < 1.29 is 17.9 Å². The van der Waals surface area contributed by atoms with Crippen molar-refractivity contribution in [2.24, 2.45) is 0 Å². The van der Waals surface area contributed by atoms with Crippen LogP contribution in [0.15, 0.2) is 41.4 Å². The molecule has 1 N–H and O–H groups in total. The lowest BCUT2D eigenvalue weighted by Gasteiger charge is -2.21. The Morgan fingerprint density at radius 3 is 2.57 bits per heavy atom. The Hall–Kier alpha value is -2.91. The van der Waals surface area contributed by atoms with Gasteiger partial charge < -0.3 is 14.4 Å². The average molecular weight is 426 g/mol. The van der Waals surface area contributed by atoms with Gasteiger partial charge in [-0.15, -0.1) is 0 Å². The molecule has 30 heavy (non-hydrogen) atoms. The predicted octanol–water partition coefficient (Wildman–Crippen LogP) is 2.78. The summed E-state index contributed by atoms with van der Waals surface area (Å²) in [5.41, 5.74) is 3.57. The van der Waals surface area contributed by atoms with E-state index in [4.69, 9.17) is 9.47 Å². The monoisotopic (exact) mass is 426 g/mol. The highest BCUT2D eigenvalue weighted by molar-refractivity contribution is 7.89. The average Bonchev–Trinajstić information content (AvgIpc) is 3.46. The number of fused-ring (bicyclic) bond motifs is 2. The molecule has 3 aromatic rings. The number of rotatable bonds is 6. The van der Waals surface area contributed by atoms with E-state index < -0.39 is 10.0 Å². The molecule has 0 amide bonds. The molecule has 1 aromatic heterocycles. The maximum absolute atomic E-state index is 12.6. The highest BCUT2D eigenvalue weighted by Crippen LogP contribution is 2.41. The van der Waals surface area contributed by atoms with Gasteiger partial charge in [-0.3, -0.25) is 0 Å². The first-order valence-corrected chi connectivity index (χ1v) is 11.3. The molecule has 2 aliphatic rings. The molecular formula is C21H22N4O4S. The van der Waals surface area contributed by atoms with Gasteiger partial charge in [-0.05, 0) is 49.1 Å². The molecule has 1 saturated carbocycles. The summed E-state index contributed by atoms with van der Waals surface area (Å²) in [5.74, 6) is 1.21. The summed E-state index contributed by atoms with van der Waals surface area (Å²) < 4.78 is 38.7. The molecule has 9 heteroatoms. The Morgan fingerprint density at radius 2 is 1.83 bits per heavy atom. The fourth-order valence-electron chi connectivity index (χ4n) is 3.87. The Morgan fingerprint density at radius 1 is 1.07 bits per heavy atom. The SMILES string of the molecule is COc1cc2nncc(N3CCc4cc(S(=O)(=O)NC5CC5)ccc43)c2cc1OC. The third-order valence-corrected chi connectivity index (χ3v) is 7.09. The van der Waals surface area contributed by atoms with Gasteiger partial charge in [0.15, 0.2) is 11.5 Å². The number of nitrogens with zero attached hydrogens (tertiary/aromatic N) is 3. The molecule has 0 atom stereocenters. The molecule has 2 heterocycles. The summed E-state index contributed by atoms with van der Waals surface area (Å²) in [7, 11) is -0.291. The van der Waals surface area contributed by atoms with Gasteiger partial charge in [0.05, 0.1) is 36.5 Å². The number of aromatic nitrogens is 2. The van der Waals surface area contributed by atoms with E-state index in [0.717, 1.165) is 48.1 Å². The molecule has 1 aliphatic carbocycles. The van der Waals surface area contributed by atoms with E-state index in [9.17, 15) is 8.42 Å². The Bertz CT molecular complexity index is 1240. The van der Waals surface area contributed by atoms with E-state index in [1.165, 1.54) is 0 Å². The van der Waals surface area contributed by atoms with Crippen LogP contribution in [0, 0.1) is 0 Å². The lowest BCUT2D eigenvalue weighted by molar-refractivity contribution is 0.355. The van der Waals surface area contributed by atoms with Gasteiger partial charge in [0.1, 0.15) is 0 Å². The van der Waals surface area contributed by atoms with Crippen LogP contribution >= 0.6 is 0 Å². The number of ether oxygens (including phenoxy) is 2. The van der Waals surface area contributed by atoms with Crippen molar-refractivity contribution in [1.29, 1.82) is 0 Å². The van der Waals surface area contributed by atoms with E-state index in [0.29, 0.717) is 21.9 Å². The van der Waals surface area contributed by atoms with Crippen molar-refractivity contribution >= 4 is 32.3 Å². The molecule has 1 fully saturated rings. The third-order valence-electron chi connectivity index (χ3n) is 5.57. The van der Waals surface area contributed by atoms with Gasteiger partial charge in [-0.1, -0.05) is 0 Å². The number of nitrogens with one attached hydrogen (secondary N) is 1. The summed E-state index contributed by atoms with van der Waals surface area (Å²) in [6, 6.07) is 9.11. The maximum atomic E-state index is 12.6. The first-order valence-electron chi connectivity index (χ1n) is 9.80. The van der Waals surface area contributed by atoms with Crippen molar-refractivity contribution in [1.82, 2.24) is 14.9 Å². The number of anilines is 2. The summed E-state index contributed by atoms with van der Waals surface area (Å²) in [6.07, 6.45) is 4.30. The maximum Gasteiger partial charge on any atom is 0.240 e. The van der Waals surface area contributed by atoms with Crippen molar-refractivity contribution in [2.75, 3.05) is 25.7 Å².